The third-order valence-corrected chi connectivity index (χ3v) is 7.80. The van der Waals surface area contributed by atoms with Gasteiger partial charge in [-0.1, -0.05) is 35.9 Å². The first kappa shape index (κ1) is 22.1. The molecule has 0 saturated carbocycles. The lowest BCUT2D eigenvalue weighted by Gasteiger charge is -2.43. The summed E-state index contributed by atoms with van der Waals surface area (Å²) >= 11 is 6.51. The molecular formula is C25H29ClN6O. The summed E-state index contributed by atoms with van der Waals surface area (Å²) in [6, 6.07) is 10.3. The Kier molecular flexibility index (Phi) is 5.51. The summed E-state index contributed by atoms with van der Waals surface area (Å²) in [4.78, 5) is 16.1. The predicted molar refractivity (Wildman–Crippen MR) is 131 cm³/mol. The second-order valence-electron chi connectivity index (χ2n) is 9.28. The van der Waals surface area contributed by atoms with Crippen LogP contribution in [0, 0.1) is 19.3 Å². The third kappa shape index (κ3) is 3.64. The molecule has 1 atom stereocenters. The van der Waals surface area contributed by atoms with Crippen molar-refractivity contribution in [2.45, 2.75) is 45.8 Å². The van der Waals surface area contributed by atoms with Crippen molar-refractivity contribution in [2.24, 2.45) is 11.1 Å². The number of fused-ring (bicyclic) bond motifs is 1. The molecule has 2 aromatic heterocycles. The van der Waals surface area contributed by atoms with Crippen LogP contribution in [-0.2, 0) is 13.0 Å². The molecule has 1 aliphatic carbocycles. The maximum absolute atomic E-state index is 10.1. The molecule has 33 heavy (non-hydrogen) atoms. The summed E-state index contributed by atoms with van der Waals surface area (Å²) in [7, 11) is 0. The van der Waals surface area contributed by atoms with E-state index in [1.165, 1.54) is 11.1 Å². The minimum Gasteiger partial charge on any atom is -0.390 e. The fourth-order valence-electron chi connectivity index (χ4n) is 5.48. The van der Waals surface area contributed by atoms with E-state index in [9.17, 15) is 5.11 Å². The molecular weight excluding hydrogens is 436 g/mol. The summed E-state index contributed by atoms with van der Waals surface area (Å²) in [5, 5.41) is 10.6. The molecule has 1 spiro atoms. The number of nitrogens with two attached hydrogens (primary N) is 2. The second-order valence-corrected chi connectivity index (χ2v) is 9.66. The Morgan fingerprint density at radius 2 is 1.85 bits per heavy atom. The molecule has 5 N–H and O–H groups in total. The zero-order valence-electron chi connectivity index (χ0n) is 19.0. The van der Waals surface area contributed by atoms with Gasteiger partial charge in [0, 0.05) is 24.7 Å². The van der Waals surface area contributed by atoms with E-state index >= 15 is 0 Å². The van der Waals surface area contributed by atoms with Crippen LogP contribution < -0.4 is 16.4 Å². The Labute approximate surface area is 198 Å². The maximum atomic E-state index is 10.1. The van der Waals surface area contributed by atoms with E-state index in [-0.39, 0.29) is 18.1 Å². The van der Waals surface area contributed by atoms with Crippen LogP contribution in [0.25, 0.3) is 11.3 Å². The zero-order valence-corrected chi connectivity index (χ0v) is 19.7. The van der Waals surface area contributed by atoms with Crippen molar-refractivity contribution in [3.8, 4) is 11.3 Å². The molecule has 172 valence electrons. The van der Waals surface area contributed by atoms with Crippen molar-refractivity contribution >= 4 is 23.2 Å². The van der Waals surface area contributed by atoms with Gasteiger partial charge in [-0.05, 0) is 55.7 Å². The van der Waals surface area contributed by atoms with Crippen LogP contribution >= 0.6 is 11.6 Å². The SMILES string of the molecule is Cc1nc(N2CCC3(CC2)Cc2ccccc2[C@H]3N)c(CO)nc1-c1cc(N)nc(C)c1Cl. The van der Waals surface area contributed by atoms with Gasteiger partial charge >= 0.3 is 0 Å². The van der Waals surface area contributed by atoms with Crippen molar-refractivity contribution in [2.75, 3.05) is 23.7 Å². The molecule has 1 fully saturated rings. The standard InChI is InChI=1S/C25H29ClN6O/c1-14-21(26)18(11-20(27)29-14)22-15(2)30-24(19(13-33)31-22)32-9-7-25(8-10-32)12-16-5-3-4-6-17(16)23(25)28/h3-6,11,23,33H,7-10,12-13,28H2,1-2H3,(H2,27,29)/t23-/m1/s1. The molecule has 8 heteroatoms. The fourth-order valence-corrected chi connectivity index (χ4v) is 5.67. The van der Waals surface area contributed by atoms with Crippen LogP contribution in [0.1, 0.15) is 47.1 Å². The maximum Gasteiger partial charge on any atom is 0.153 e. The topological polar surface area (TPSA) is 114 Å². The van der Waals surface area contributed by atoms with Crippen molar-refractivity contribution in [1.29, 1.82) is 0 Å². The van der Waals surface area contributed by atoms with Crippen LogP contribution in [0.15, 0.2) is 30.3 Å². The van der Waals surface area contributed by atoms with Crippen LogP contribution in [0.2, 0.25) is 5.02 Å². The number of aliphatic hydroxyl groups excluding tert-OH is 1. The van der Waals surface area contributed by atoms with Gasteiger partial charge in [-0.2, -0.15) is 0 Å². The summed E-state index contributed by atoms with van der Waals surface area (Å²) in [6.07, 6.45) is 2.97. The Morgan fingerprint density at radius 3 is 2.55 bits per heavy atom. The molecule has 3 heterocycles. The number of piperidine rings is 1. The Hall–Kier alpha value is -2.74. The second kappa shape index (κ2) is 8.24. The number of hydrogen-bond acceptors (Lipinski definition) is 7. The van der Waals surface area contributed by atoms with E-state index in [0.717, 1.165) is 43.9 Å². The first-order chi connectivity index (χ1) is 15.8. The Morgan fingerprint density at radius 1 is 1.12 bits per heavy atom. The minimum absolute atomic E-state index is 0.0610. The third-order valence-electron chi connectivity index (χ3n) is 7.32. The molecule has 0 bridgehead atoms. The molecule has 1 aliphatic heterocycles. The molecule has 1 aromatic carbocycles. The number of aliphatic hydroxyl groups is 1. The molecule has 3 aromatic rings. The van der Waals surface area contributed by atoms with Crippen molar-refractivity contribution < 1.29 is 5.11 Å². The lowest BCUT2D eigenvalue weighted by molar-refractivity contribution is 0.186. The highest BCUT2D eigenvalue weighted by atomic mass is 35.5. The smallest absolute Gasteiger partial charge is 0.153 e. The van der Waals surface area contributed by atoms with Gasteiger partial charge in [0.2, 0.25) is 0 Å². The quantitative estimate of drug-likeness (QED) is 0.541. The molecule has 1 saturated heterocycles. The highest BCUT2D eigenvalue weighted by Crippen LogP contribution is 2.51. The van der Waals surface area contributed by atoms with Crippen LogP contribution in [-0.4, -0.2) is 33.1 Å². The lowest BCUT2D eigenvalue weighted by Crippen LogP contribution is -2.45. The molecule has 0 unspecified atom stereocenters. The molecule has 5 rings (SSSR count). The number of hydrogen-bond donors (Lipinski definition) is 3. The number of anilines is 2. The van der Waals surface area contributed by atoms with Gasteiger partial charge in [-0.25, -0.2) is 15.0 Å². The summed E-state index contributed by atoms with van der Waals surface area (Å²) < 4.78 is 0. The van der Waals surface area contributed by atoms with E-state index in [4.69, 9.17) is 33.0 Å². The Balaban J connectivity index is 1.43. The van der Waals surface area contributed by atoms with E-state index in [0.29, 0.717) is 33.5 Å². The number of benzene rings is 1. The van der Waals surface area contributed by atoms with Gasteiger partial charge < -0.3 is 21.5 Å². The fraction of sp³-hybridized carbons (Fsp3) is 0.400. The monoisotopic (exact) mass is 464 g/mol. The molecule has 2 aliphatic rings. The van der Waals surface area contributed by atoms with Gasteiger partial charge in [0.05, 0.1) is 28.7 Å². The van der Waals surface area contributed by atoms with E-state index in [1.807, 2.05) is 13.8 Å². The number of aromatic nitrogens is 3. The first-order valence-corrected chi connectivity index (χ1v) is 11.7. The highest BCUT2D eigenvalue weighted by Gasteiger charge is 2.46. The van der Waals surface area contributed by atoms with Crippen molar-refractivity contribution in [3.05, 3.63) is 63.6 Å². The zero-order chi connectivity index (χ0) is 23.3. The minimum atomic E-state index is -0.209. The average Bonchev–Trinajstić information content (AvgIpc) is 3.08. The van der Waals surface area contributed by atoms with Crippen molar-refractivity contribution in [1.82, 2.24) is 15.0 Å². The largest absolute Gasteiger partial charge is 0.390 e. The Bertz CT molecular complexity index is 1220. The number of aryl methyl sites for hydroxylation is 2. The normalized spacial score (nSPS) is 19.2. The number of halogens is 1. The van der Waals surface area contributed by atoms with E-state index in [2.05, 4.69) is 34.1 Å². The van der Waals surface area contributed by atoms with Gasteiger partial charge in [0.15, 0.2) is 5.82 Å². The highest BCUT2D eigenvalue weighted by molar-refractivity contribution is 6.34. The molecule has 0 amide bonds. The van der Waals surface area contributed by atoms with Gasteiger partial charge in [-0.3, -0.25) is 0 Å². The van der Waals surface area contributed by atoms with Gasteiger partial charge in [-0.15, -0.1) is 0 Å². The number of pyridine rings is 1. The summed E-state index contributed by atoms with van der Waals surface area (Å²) in [6.45, 7) is 5.15. The van der Waals surface area contributed by atoms with Crippen LogP contribution in [0.3, 0.4) is 0 Å². The van der Waals surface area contributed by atoms with Gasteiger partial charge in [0.25, 0.3) is 0 Å². The number of nitrogens with zero attached hydrogens (tertiary/aromatic N) is 4. The number of rotatable bonds is 3. The van der Waals surface area contributed by atoms with Crippen LogP contribution in [0.5, 0.6) is 0 Å². The summed E-state index contributed by atoms with van der Waals surface area (Å²) in [5.74, 6) is 1.10. The predicted octanol–water partition coefficient (Wildman–Crippen LogP) is 3.73. The van der Waals surface area contributed by atoms with Crippen LogP contribution in [0.4, 0.5) is 11.6 Å². The van der Waals surface area contributed by atoms with Crippen molar-refractivity contribution in [3.63, 3.8) is 0 Å². The average molecular weight is 465 g/mol. The number of nitrogen functional groups attached to an aromatic ring is 1. The molecule has 7 nitrogen and oxygen atoms in total. The lowest BCUT2D eigenvalue weighted by atomic mass is 9.73. The summed E-state index contributed by atoms with van der Waals surface area (Å²) in [5.41, 5.74) is 18.6. The van der Waals surface area contributed by atoms with E-state index < -0.39 is 0 Å². The van der Waals surface area contributed by atoms with Gasteiger partial charge in [0.1, 0.15) is 11.5 Å². The first-order valence-electron chi connectivity index (χ1n) is 11.3. The van der Waals surface area contributed by atoms with E-state index in [1.54, 1.807) is 6.07 Å². The molecule has 0 radical (unpaired) electrons.